The van der Waals surface area contributed by atoms with Crippen LogP contribution in [0.2, 0.25) is 0 Å². The summed E-state index contributed by atoms with van der Waals surface area (Å²) in [7, 11) is 0. The summed E-state index contributed by atoms with van der Waals surface area (Å²) in [6, 6.07) is 8.74. The lowest BCUT2D eigenvalue weighted by molar-refractivity contribution is -0.133. The third-order valence-electron chi connectivity index (χ3n) is 4.87. The van der Waals surface area contributed by atoms with Crippen molar-refractivity contribution in [1.82, 2.24) is 10.7 Å². The summed E-state index contributed by atoms with van der Waals surface area (Å²) < 4.78 is 0. The van der Waals surface area contributed by atoms with Gasteiger partial charge in [0.05, 0.1) is 12.3 Å². The van der Waals surface area contributed by atoms with Gasteiger partial charge in [-0.1, -0.05) is 63.4 Å². The SMILES string of the molecule is CC(C)C[C@H](NC(=O)C1CCCCC1)C(O)C(=O)N/N=C/c1ccccc1. The fraction of sp³-hybridized carbons (Fsp3) is 0.571. The molecule has 2 rings (SSSR count). The van der Waals surface area contributed by atoms with Gasteiger partial charge in [-0.15, -0.1) is 0 Å². The van der Waals surface area contributed by atoms with Crippen molar-refractivity contribution in [2.45, 2.75) is 64.5 Å². The molecule has 1 aromatic carbocycles. The number of carbonyl (C=O) groups is 2. The van der Waals surface area contributed by atoms with E-state index in [1.54, 1.807) is 0 Å². The van der Waals surface area contributed by atoms with Gasteiger partial charge in [0.1, 0.15) is 0 Å². The molecule has 6 nitrogen and oxygen atoms in total. The van der Waals surface area contributed by atoms with Crippen LogP contribution in [0.3, 0.4) is 0 Å². The molecule has 0 spiro atoms. The van der Waals surface area contributed by atoms with Crippen LogP contribution in [0.15, 0.2) is 35.4 Å². The number of rotatable bonds is 8. The molecule has 27 heavy (non-hydrogen) atoms. The van der Waals surface area contributed by atoms with Gasteiger partial charge in [0.15, 0.2) is 6.10 Å². The molecule has 6 heteroatoms. The third-order valence-corrected chi connectivity index (χ3v) is 4.87. The number of hydrogen-bond acceptors (Lipinski definition) is 4. The molecular weight excluding hydrogens is 342 g/mol. The lowest BCUT2D eigenvalue weighted by Gasteiger charge is -2.28. The molecule has 2 atom stereocenters. The molecule has 1 aliphatic rings. The molecule has 0 heterocycles. The first-order chi connectivity index (χ1) is 13.0. The summed E-state index contributed by atoms with van der Waals surface area (Å²) in [6.07, 6.45) is 5.75. The highest BCUT2D eigenvalue weighted by Crippen LogP contribution is 2.24. The van der Waals surface area contributed by atoms with Gasteiger partial charge in [0, 0.05) is 5.92 Å². The molecule has 1 unspecified atom stereocenters. The Balaban J connectivity index is 1.93. The molecule has 2 amide bonds. The molecule has 0 aromatic heterocycles. The van der Waals surface area contributed by atoms with Crippen LogP contribution in [-0.2, 0) is 9.59 Å². The van der Waals surface area contributed by atoms with Gasteiger partial charge in [0.2, 0.25) is 5.91 Å². The first kappa shape index (κ1) is 21.1. The number of benzene rings is 1. The normalized spacial score (nSPS) is 17.6. The van der Waals surface area contributed by atoms with Gasteiger partial charge in [-0.2, -0.15) is 5.10 Å². The maximum Gasteiger partial charge on any atom is 0.271 e. The minimum absolute atomic E-state index is 0.0141. The van der Waals surface area contributed by atoms with Crippen LogP contribution in [-0.4, -0.2) is 35.3 Å². The Bertz CT molecular complexity index is 625. The van der Waals surface area contributed by atoms with Gasteiger partial charge in [-0.05, 0) is 30.7 Å². The molecule has 3 N–H and O–H groups in total. The molecule has 1 fully saturated rings. The van der Waals surface area contributed by atoms with Gasteiger partial charge < -0.3 is 10.4 Å². The minimum Gasteiger partial charge on any atom is -0.381 e. The first-order valence-corrected chi connectivity index (χ1v) is 9.83. The molecule has 0 bridgehead atoms. The fourth-order valence-corrected chi connectivity index (χ4v) is 3.40. The highest BCUT2D eigenvalue weighted by Gasteiger charge is 2.30. The maximum absolute atomic E-state index is 12.5. The summed E-state index contributed by atoms with van der Waals surface area (Å²) in [5.41, 5.74) is 3.21. The van der Waals surface area contributed by atoms with Crippen molar-refractivity contribution in [3.8, 4) is 0 Å². The molecular formula is C21H31N3O3. The Kier molecular flexibility index (Phi) is 8.45. The number of nitrogens with zero attached hydrogens (tertiary/aromatic N) is 1. The van der Waals surface area contributed by atoms with Crippen molar-refractivity contribution < 1.29 is 14.7 Å². The molecule has 0 saturated heterocycles. The second-order valence-electron chi connectivity index (χ2n) is 7.67. The van der Waals surface area contributed by atoms with E-state index in [4.69, 9.17) is 0 Å². The summed E-state index contributed by atoms with van der Waals surface area (Å²) in [5.74, 6) is -0.450. The lowest BCUT2D eigenvalue weighted by atomic mass is 9.88. The van der Waals surface area contributed by atoms with Crippen molar-refractivity contribution in [3.05, 3.63) is 35.9 Å². The van der Waals surface area contributed by atoms with Crippen LogP contribution in [0.5, 0.6) is 0 Å². The van der Waals surface area contributed by atoms with Crippen molar-refractivity contribution in [1.29, 1.82) is 0 Å². The van der Waals surface area contributed by atoms with E-state index in [2.05, 4.69) is 15.8 Å². The van der Waals surface area contributed by atoms with E-state index >= 15 is 0 Å². The molecule has 1 aliphatic carbocycles. The highest BCUT2D eigenvalue weighted by molar-refractivity contribution is 5.85. The molecule has 1 aromatic rings. The summed E-state index contributed by atoms with van der Waals surface area (Å²) in [5, 5.41) is 17.3. The van der Waals surface area contributed by atoms with Crippen LogP contribution in [0.1, 0.15) is 57.9 Å². The smallest absolute Gasteiger partial charge is 0.271 e. The van der Waals surface area contributed by atoms with E-state index < -0.39 is 18.1 Å². The standard InChI is InChI=1S/C21H31N3O3/c1-15(2)13-18(23-20(26)17-11-7-4-8-12-17)19(25)21(27)24-22-14-16-9-5-3-6-10-16/h3,5-6,9-10,14-15,17-19,25H,4,7-8,11-13H2,1-2H3,(H,23,26)(H,24,27)/b22-14+/t18-,19?/m0/s1. The van der Waals surface area contributed by atoms with Gasteiger partial charge in [0.25, 0.3) is 5.91 Å². The summed E-state index contributed by atoms with van der Waals surface area (Å²) in [6.45, 7) is 4.00. The third kappa shape index (κ3) is 7.13. The second kappa shape index (κ2) is 10.8. The average molecular weight is 373 g/mol. The Labute approximate surface area is 161 Å². The van der Waals surface area contributed by atoms with E-state index in [-0.39, 0.29) is 17.7 Å². The quantitative estimate of drug-likeness (QED) is 0.483. The zero-order chi connectivity index (χ0) is 19.6. The lowest BCUT2D eigenvalue weighted by Crippen LogP contribution is -2.51. The van der Waals surface area contributed by atoms with E-state index in [1.165, 1.54) is 12.6 Å². The number of amides is 2. The number of carbonyl (C=O) groups excluding carboxylic acids is 2. The summed E-state index contributed by atoms with van der Waals surface area (Å²) >= 11 is 0. The topological polar surface area (TPSA) is 90.8 Å². The van der Waals surface area contributed by atoms with Gasteiger partial charge >= 0.3 is 0 Å². The van der Waals surface area contributed by atoms with Crippen LogP contribution in [0.4, 0.5) is 0 Å². The molecule has 1 saturated carbocycles. The van der Waals surface area contributed by atoms with Crippen LogP contribution >= 0.6 is 0 Å². The summed E-state index contributed by atoms with van der Waals surface area (Å²) in [4.78, 5) is 24.8. The van der Waals surface area contributed by atoms with E-state index in [1.807, 2.05) is 44.2 Å². The number of nitrogens with one attached hydrogen (secondary N) is 2. The van der Waals surface area contributed by atoms with E-state index in [0.29, 0.717) is 6.42 Å². The molecule has 0 aliphatic heterocycles. The van der Waals surface area contributed by atoms with Crippen LogP contribution < -0.4 is 10.7 Å². The minimum atomic E-state index is -1.34. The number of hydrazone groups is 1. The van der Waals surface area contributed by atoms with Crippen molar-refractivity contribution in [3.63, 3.8) is 0 Å². The van der Waals surface area contributed by atoms with Crippen molar-refractivity contribution in [2.24, 2.45) is 16.9 Å². The molecule has 148 valence electrons. The van der Waals surface area contributed by atoms with Gasteiger partial charge in [-0.3, -0.25) is 9.59 Å². The first-order valence-electron chi connectivity index (χ1n) is 9.83. The second-order valence-corrected chi connectivity index (χ2v) is 7.67. The molecule has 0 radical (unpaired) electrons. The largest absolute Gasteiger partial charge is 0.381 e. The maximum atomic E-state index is 12.5. The average Bonchev–Trinajstić information content (AvgIpc) is 2.68. The predicted octanol–water partition coefficient (Wildman–Crippen LogP) is 2.61. The van der Waals surface area contributed by atoms with Crippen molar-refractivity contribution in [2.75, 3.05) is 0 Å². The fourth-order valence-electron chi connectivity index (χ4n) is 3.40. The Morgan fingerprint density at radius 2 is 1.85 bits per heavy atom. The number of aliphatic hydroxyl groups is 1. The number of aliphatic hydroxyl groups excluding tert-OH is 1. The van der Waals surface area contributed by atoms with E-state index in [0.717, 1.165) is 31.2 Å². The van der Waals surface area contributed by atoms with Crippen LogP contribution in [0.25, 0.3) is 0 Å². The Morgan fingerprint density at radius 1 is 1.19 bits per heavy atom. The zero-order valence-corrected chi connectivity index (χ0v) is 16.2. The highest BCUT2D eigenvalue weighted by atomic mass is 16.3. The van der Waals surface area contributed by atoms with Crippen molar-refractivity contribution >= 4 is 18.0 Å². The Hall–Kier alpha value is -2.21. The number of hydrogen-bond donors (Lipinski definition) is 3. The monoisotopic (exact) mass is 373 g/mol. The Morgan fingerprint density at radius 3 is 2.48 bits per heavy atom. The zero-order valence-electron chi connectivity index (χ0n) is 16.2. The predicted molar refractivity (Wildman–Crippen MR) is 106 cm³/mol. The van der Waals surface area contributed by atoms with Crippen LogP contribution in [0, 0.1) is 11.8 Å². The van der Waals surface area contributed by atoms with Gasteiger partial charge in [-0.25, -0.2) is 5.43 Å². The van der Waals surface area contributed by atoms with E-state index in [9.17, 15) is 14.7 Å².